The molecule has 2 aromatic rings. The zero-order chi connectivity index (χ0) is 17.2. The van der Waals surface area contributed by atoms with E-state index < -0.39 is 17.7 Å². The van der Waals surface area contributed by atoms with Gasteiger partial charge in [-0.1, -0.05) is 38.1 Å². The van der Waals surface area contributed by atoms with Gasteiger partial charge in [-0.05, 0) is 47.2 Å². The topological polar surface area (TPSA) is 37.3 Å². The molecule has 0 saturated heterocycles. The van der Waals surface area contributed by atoms with E-state index in [0.29, 0.717) is 17.5 Å². The third-order valence-corrected chi connectivity index (χ3v) is 3.44. The molecule has 2 nitrogen and oxygen atoms in total. The van der Waals surface area contributed by atoms with Crippen LogP contribution in [0.1, 0.15) is 35.3 Å². The van der Waals surface area contributed by atoms with Gasteiger partial charge in [0.15, 0.2) is 0 Å². The van der Waals surface area contributed by atoms with Gasteiger partial charge in [0.2, 0.25) is 0 Å². The Kier molecular flexibility index (Phi) is 4.78. The van der Waals surface area contributed by atoms with Crippen molar-refractivity contribution in [2.45, 2.75) is 26.4 Å². The summed E-state index contributed by atoms with van der Waals surface area (Å²) in [6.07, 6.45) is -3.71. The van der Waals surface area contributed by atoms with Crippen molar-refractivity contribution in [2.24, 2.45) is 5.92 Å². The Balaban J connectivity index is 2.45. The lowest BCUT2D eigenvalue weighted by atomic mass is 9.96. The molecule has 5 heteroatoms. The quantitative estimate of drug-likeness (QED) is 0.832. The number of carboxylic acids is 1. The summed E-state index contributed by atoms with van der Waals surface area (Å²) in [5.74, 6) is -0.901. The maximum atomic E-state index is 12.9. The Morgan fingerprint density at radius 2 is 1.65 bits per heavy atom. The van der Waals surface area contributed by atoms with Crippen LogP contribution >= 0.6 is 0 Å². The van der Waals surface area contributed by atoms with Crippen LogP contribution in [-0.4, -0.2) is 11.1 Å². The fraction of sp³-hybridized carbons (Fsp3) is 0.278. The number of hydrogen-bond donors (Lipinski definition) is 1. The van der Waals surface area contributed by atoms with E-state index in [1.807, 2.05) is 12.1 Å². The van der Waals surface area contributed by atoms with Crippen molar-refractivity contribution in [3.8, 4) is 11.1 Å². The van der Waals surface area contributed by atoms with Gasteiger partial charge in [-0.15, -0.1) is 0 Å². The Labute approximate surface area is 132 Å². The number of halogens is 3. The molecular weight excluding hydrogens is 305 g/mol. The molecule has 0 atom stereocenters. The molecule has 0 fully saturated rings. The predicted molar refractivity (Wildman–Crippen MR) is 82.4 cm³/mol. The van der Waals surface area contributed by atoms with Crippen LogP contribution < -0.4 is 0 Å². The maximum Gasteiger partial charge on any atom is 0.416 e. The third kappa shape index (κ3) is 4.34. The summed E-state index contributed by atoms with van der Waals surface area (Å²) in [5.41, 5.74) is 0.563. The van der Waals surface area contributed by atoms with Crippen LogP contribution in [0.2, 0.25) is 0 Å². The predicted octanol–water partition coefficient (Wildman–Crippen LogP) is 5.27. The average molecular weight is 322 g/mol. The van der Waals surface area contributed by atoms with E-state index in [9.17, 15) is 18.0 Å². The highest BCUT2D eigenvalue weighted by atomic mass is 19.4. The number of carboxylic acid groups (broad SMARTS) is 1. The van der Waals surface area contributed by atoms with Crippen molar-refractivity contribution >= 4 is 5.97 Å². The lowest BCUT2D eigenvalue weighted by Gasteiger charge is -2.12. The molecule has 1 N–H and O–H groups in total. The molecule has 0 aromatic heterocycles. The minimum absolute atomic E-state index is 0.244. The molecule has 0 aliphatic heterocycles. The van der Waals surface area contributed by atoms with E-state index >= 15 is 0 Å². The van der Waals surface area contributed by atoms with Crippen LogP contribution in [0.5, 0.6) is 0 Å². The van der Waals surface area contributed by atoms with Crippen molar-refractivity contribution < 1.29 is 23.1 Å². The molecule has 0 spiro atoms. The van der Waals surface area contributed by atoms with Crippen LogP contribution in [0, 0.1) is 5.92 Å². The van der Waals surface area contributed by atoms with E-state index in [1.165, 1.54) is 6.07 Å². The first-order chi connectivity index (χ1) is 10.7. The SMILES string of the molecule is CC(C)Cc1ccc(-c2cc(C(=O)O)cc(C(F)(F)F)c2)cc1. The number of benzene rings is 2. The van der Waals surface area contributed by atoms with Gasteiger partial charge in [0.25, 0.3) is 0 Å². The first kappa shape index (κ1) is 17.1. The molecule has 0 aliphatic rings. The Hall–Kier alpha value is -2.30. The second-order valence-corrected chi connectivity index (χ2v) is 5.90. The van der Waals surface area contributed by atoms with Gasteiger partial charge in [-0.25, -0.2) is 4.79 Å². The van der Waals surface area contributed by atoms with Crippen molar-refractivity contribution in [3.05, 3.63) is 59.2 Å². The van der Waals surface area contributed by atoms with Gasteiger partial charge in [0.05, 0.1) is 11.1 Å². The Morgan fingerprint density at radius 1 is 1.04 bits per heavy atom. The van der Waals surface area contributed by atoms with E-state index in [2.05, 4.69) is 13.8 Å². The van der Waals surface area contributed by atoms with E-state index in [4.69, 9.17) is 5.11 Å². The van der Waals surface area contributed by atoms with Crippen LogP contribution in [0.4, 0.5) is 13.2 Å². The first-order valence-corrected chi connectivity index (χ1v) is 7.21. The molecule has 2 aromatic carbocycles. The summed E-state index contributed by atoms with van der Waals surface area (Å²) in [6.45, 7) is 4.17. The Bertz CT molecular complexity index is 701. The molecular formula is C18H17F3O2. The van der Waals surface area contributed by atoms with Gasteiger partial charge in [-0.3, -0.25) is 0 Å². The molecule has 0 unspecified atom stereocenters. The zero-order valence-electron chi connectivity index (χ0n) is 12.8. The van der Waals surface area contributed by atoms with Gasteiger partial charge >= 0.3 is 12.1 Å². The zero-order valence-corrected chi connectivity index (χ0v) is 12.8. The van der Waals surface area contributed by atoms with Crippen LogP contribution in [0.3, 0.4) is 0 Å². The van der Waals surface area contributed by atoms with Crippen LogP contribution in [0.15, 0.2) is 42.5 Å². The molecule has 0 saturated carbocycles. The summed E-state index contributed by atoms with van der Waals surface area (Å²) >= 11 is 0. The highest BCUT2D eigenvalue weighted by Crippen LogP contribution is 2.33. The largest absolute Gasteiger partial charge is 0.478 e. The molecule has 0 amide bonds. The minimum Gasteiger partial charge on any atom is -0.478 e. The van der Waals surface area contributed by atoms with Crippen LogP contribution in [0.25, 0.3) is 11.1 Å². The lowest BCUT2D eigenvalue weighted by molar-refractivity contribution is -0.137. The smallest absolute Gasteiger partial charge is 0.416 e. The highest BCUT2D eigenvalue weighted by molar-refractivity contribution is 5.90. The van der Waals surface area contributed by atoms with Gasteiger partial charge < -0.3 is 5.11 Å². The molecule has 0 bridgehead atoms. The summed E-state index contributed by atoms with van der Waals surface area (Å²) in [4.78, 5) is 11.1. The molecule has 122 valence electrons. The number of alkyl halides is 3. The highest BCUT2D eigenvalue weighted by Gasteiger charge is 2.31. The summed E-state index contributed by atoms with van der Waals surface area (Å²) in [5, 5.41) is 9.02. The average Bonchev–Trinajstić information content (AvgIpc) is 2.46. The second-order valence-electron chi connectivity index (χ2n) is 5.90. The minimum atomic E-state index is -4.59. The molecule has 23 heavy (non-hydrogen) atoms. The summed E-state index contributed by atoms with van der Waals surface area (Å²) in [6, 6.07) is 10.0. The monoisotopic (exact) mass is 322 g/mol. The van der Waals surface area contributed by atoms with Crippen molar-refractivity contribution in [2.75, 3.05) is 0 Å². The fourth-order valence-corrected chi connectivity index (χ4v) is 2.39. The Morgan fingerprint density at radius 3 is 2.13 bits per heavy atom. The van der Waals surface area contributed by atoms with Crippen molar-refractivity contribution in [1.29, 1.82) is 0 Å². The summed E-state index contributed by atoms with van der Waals surface area (Å²) in [7, 11) is 0. The number of carbonyl (C=O) groups is 1. The normalized spacial score (nSPS) is 11.7. The molecule has 0 aliphatic carbocycles. The summed E-state index contributed by atoms with van der Waals surface area (Å²) < 4.78 is 38.8. The second kappa shape index (κ2) is 6.44. The van der Waals surface area contributed by atoms with E-state index in [-0.39, 0.29) is 11.1 Å². The number of hydrogen-bond acceptors (Lipinski definition) is 1. The first-order valence-electron chi connectivity index (χ1n) is 7.21. The lowest BCUT2D eigenvalue weighted by Crippen LogP contribution is -2.08. The fourth-order valence-electron chi connectivity index (χ4n) is 2.39. The van der Waals surface area contributed by atoms with Gasteiger partial charge in [-0.2, -0.15) is 13.2 Å². The number of aromatic carboxylic acids is 1. The van der Waals surface area contributed by atoms with Crippen molar-refractivity contribution in [1.82, 2.24) is 0 Å². The molecule has 0 heterocycles. The molecule has 0 radical (unpaired) electrons. The number of rotatable bonds is 4. The maximum absolute atomic E-state index is 12.9. The van der Waals surface area contributed by atoms with Crippen molar-refractivity contribution in [3.63, 3.8) is 0 Å². The van der Waals surface area contributed by atoms with Gasteiger partial charge in [0.1, 0.15) is 0 Å². The van der Waals surface area contributed by atoms with Crippen LogP contribution in [-0.2, 0) is 12.6 Å². The van der Waals surface area contributed by atoms with E-state index in [1.54, 1.807) is 12.1 Å². The van der Waals surface area contributed by atoms with E-state index in [0.717, 1.165) is 18.1 Å². The third-order valence-electron chi connectivity index (χ3n) is 3.44. The molecule has 2 rings (SSSR count). The van der Waals surface area contributed by atoms with Gasteiger partial charge in [0, 0.05) is 0 Å². The standard InChI is InChI=1S/C18H17F3O2/c1-11(2)7-12-3-5-13(6-4-12)14-8-15(17(22)23)10-16(9-14)18(19,20)21/h3-6,8-11H,7H2,1-2H3,(H,22,23).